The van der Waals surface area contributed by atoms with Crippen LogP contribution in [0.15, 0.2) is 18.2 Å². The number of rotatable bonds is 7. The van der Waals surface area contributed by atoms with Crippen LogP contribution in [0.25, 0.3) is 0 Å². The van der Waals surface area contributed by atoms with Crippen molar-refractivity contribution in [3.05, 3.63) is 29.3 Å². The summed E-state index contributed by atoms with van der Waals surface area (Å²) < 4.78 is 9.75. The van der Waals surface area contributed by atoms with Gasteiger partial charge in [-0.3, -0.25) is 14.4 Å². The van der Waals surface area contributed by atoms with Crippen molar-refractivity contribution in [1.29, 1.82) is 0 Å². The molecule has 0 saturated carbocycles. The molecule has 0 spiro atoms. The van der Waals surface area contributed by atoms with E-state index < -0.39 is 35.5 Å². The zero-order chi connectivity index (χ0) is 21.5. The van der Waals surface area contributed by atoms with E-state index in [1.165, 1.54) is 7.11 Å². The van der Waals surface area contributed by atoms with Crippen molar-refractivity contribution >= 4 is 29.6 Å². The molecule has 1 aromatic carbocycles. The number of carbonyl (C=O) groups excluding carboxylic acids is 4. The summed E-state index contributed by atoms with van der Waals surface area (Å²) in [6.45, 7) is 6.71. The molecule has 1 aromatic rings. The molecule has 4 N–H and O–H groups in total. The molecule has 0 aliphatic rings. The van der Waals surface area contributed by atoms with E-state index >= 15 is 0 Å². The Bertz CT molecular complexity index is 755. The monoisotopic (exact) mass is 393 g/mol. The predicted octanol–water partition coefficient (Wildman–Crippen LogP) is 1.88. The molecule has 0 bridgehead atoms. The van der Waals surface area contributed by atoms with Crippen LogP contribution in [0.3, 0.4) is 0 Å². The highest BCUT2D eigenvalue weighted by Gasteiger charge is 2.26. The number of nitrogens with two attached hydrogens (primary N) is 1. The second-order valence-electron chi connectivity index (χ2n) is 7.15. The minimum atomic E-state index is -1.05. The highest BCUT2D eigenvalue weighted by molar-refractivity contribution is 6.00. The number of methoxy groups -OCH3 is 1. The fraction of sp³-hybridized carbons (Fsp3) is 0.474. The normalized spacial score (nSPS) is 11.9. The first-order valence-corrected chi connectivity index (χ1v) is 8.71. The minimum Gasteiger partial charge on any atom is -0.469 e. The Hall–Kier alpha value is -3.10. The lowest BCUT2D eigenvalue weighted by molar-refractivity contribution is -0.140. The van der Waals surface area contributed by atoms with E-state index in [1.54, 1.807) is 45.9 Å². The van der Waals surface area contributed by atoms with Gasteiger partial charge in [-0.2, -0.15) is 0 Å². The molecular formula is C19H27N3O6. The predicted molar refractivity (Wildman–Crippen MR) is 103 cm³/mol. The van der Waals surface area contributed by atoms with Gasteiger partial charge in [-0.25, -0.2) is 4.79 Å². The Morgan fingerprint density at radius 3 is 2.36 bits per heavy atom. The number of carbonyl (C=O) groups is 4. The zero-order valence-corrected chi connectivity index (χ0v) is 16.8. The largest absolute Gasteiger partial charge is 0.469 e. The number of amides is 3. The highest BCUT2D eigenvalue weighted by atomic mass is 16.6. The number of nitrogens with one attached hydrogen (secondary N) is 2. The maximum absolute atomic E-state index is 12.7. The molecule has 1 atom stereocenters. The van der Waals surface area contributed by atoms with Crippen molar-refractivity contribution in [3.8, 4) is 0 Å². The average molecular weight is 393 g/mol. The van der Waals surface area contributed by atoms with Gasteiger partial charge in [-0.1, -0.05) is 6.07 Å². The standard InChI is InChI=1S/C19H27N3O6/c1-11-12(16(20)24)7-6-8-13(11)21-17(25)14(9-10-15(23)27-5)22-18(26)28-19(2,3)4/h6-8,14H,9-10H2,1-5H3,(H2,20,24)(H,21,25)(H,22,26)/t14-/m0/s1. The van der Waals surface area contributed by atoms with E-state index in [0.29, 0.717) is 11.3 Å². The van der Waals surface area contributed by atoms with Crippen LogP contribution < -0.4 is 16.4 Å². The van der Waals surface area contributed by atoms with Crippen LogP contribution in [0.2, 0.25) is 0 Å². The molecule has 0 fully saturated rings. The number of alkyl carbamates (subject to hydrolysis) is 1. The van der Waals surface area contributed by atoms with Crippen LogP contribution >= 0.6 is 0 Å². The van der Waals surface area contributed by atoms with Crippen molar-refractivity contribution in [3.63, 3.8) is 0 Å². The second-order valence-corrected chi connectivity index (χ2v) is 7.15. The van der Waals surface area contributed by atoms with Crippen LogP contribution in [0, 0.1) is 6.92 Å². The number of esters is 1. The number of hydrogen-bond donors (Lipinski definition) is 3. The molecule has 0 aromatic heterocycles. The summed E-state index contributed by atoms with van der Waals surface area (Å²) in [5.41, 5.74) is 5.70. The fourth-order valence-corrected chi connectivity index (χ4v) is 2.34. The molecular weight excluding hydrogens is 366 g/mol. The van der Waals surface area contributed by atoms with Gasteiger partial charge in [0.05, 0.1) is 7.11 Å². The fourth-order valence-electron chi connectivity index (χ4n) is 2.34. The van der Waals surface area contributed by atoms with E-state index in [9.17, 15) is 19.2 Å². The molecule has 0 unspecified atom stereocenters. The van der Waals surface area contributed by atoms with Crippen LogP contribution in [0.4, 0.5) is 10.5 Å². The van der Waals surface area contributed by atoms with Crippen molar-refractivity contribution in [2.24, 2.45) is 5.73 Å². The Kier molecular flexibility index (Phi) is 7.97. The van der Waals surface area contributed by atoms with E-state index in [-0.39, 0.29) is 18.4 Å². The molecule has 0 aliphatic heterocycles. The maximum Gasteiger partial charge on any atom is 0.408 e. The van der Waals surface area contributed by atoms with Crippen molar-refractivity contribution < 1.29 is 28.7 Å². The first kappa shape index (κ1) is 22.9. The Morgan fingerprint density at radius 1 is 1.18 bits per heavy atom. The Balaban J connectivity index is 2.97. The summed E-state index contributed by atoms with van der Waals surface area (Å²) in [6.07, 6.45) is -0.864. The molecule has 0 saturated heterocycles. The number of hydrogen-bond acceptors (Lipinski definition) is 6. The first-order chi connectivity index (χ1) is 12.9. The number of primary amides is 1. The molecule has 1 rings (SSSR count). The zero-order valence-electron chi connectivity index (χ0n) is 16.8. The highest BCUT2D eigenvalue weighted by Crippen LogP contribution is 2.19. The third-order valence-electron chi connectivity index (χ3n) is 3.73. The van der Waals surface area contributed by atoms with Gasteiger partial charge >= 0.3 is 12.1 Å². The van der Waals surface area contributed by atoms with Crippen molar-refractivity contribution in [2.45, 2.75) is 52.2 Å². The van der Waals surface area contributed by atoms with Gasteiger partial charge in [-0.05, 0) is 51.8 Å². The topological polar surface area (TPSA) is 137 Å². The lowest BCUT2D eigenvalue weighted by atomic mass is 10.1. The lowest BCUT2D eigenvalue weighted by Crippen LogP contribution is -2.46. The Labute approximate surface area is 163 Å². The third kappa shape index (κ3) is 7.26. The van der Waals surface area contributed by atoms with E-state index in [4.69, 9.17) is 10.5 Å². The number of anilines is 1. The molecule has 9 nitrogen and oxygen atoms in total. The first-order valence-electron chi connectivity index (χ1n) is 8.71. The van der Waals surface area contributed by atoms with Gasteiger partial charge in [0, 0.05) is 17.7 Å². The third-order valence-corrected chi connectivity index (χ3v) is 3.73. The average Bonchev–Trinajstić information content (AvgIpc) is 2.57. The summed E-state index contributed by atoms with van der Waals surface area (Å²) in [4.78, 5) is 47.7. The summed E-state index contributed by atoms with van der Waals surface area (Å²) >= 11 is 0. The summed E-state index contributed by atoms with van der Waals surface area (Å²) in [7, 11) is 1.23. The molecule has 154 valence electrons. The van der Waals surface area contributed by atoms with Gasteiger partial charge < -0.3 is 25.8 Å². The summed E-state index contributed by atoms with van der Waals surface area (Å²) in [5, 5.41) is 5.10. The second kappa shape index (κ2) is 9.72. The summed E-state index contributed by atoms with van der Waals surface area (Å²) in [6, 6.07) is 3.67. The minimum absolute atomic E-state index is 0.00626. The molecule has 0 aliphatic carbocycles. The SMILES string of the molecule is COC(=O)CC[C@H](NC(=O)OC(C)(C)C)C(=O)Nc1cccc(C(N)=O)c1C. The smallest absolute Gasteiger partial charge is 0.408 e. The molecule has 28 heavy (non-hydrogen) atoms. The van der Waals surface area contributed by atoms with Gasteiger partial charge in [0.25, 0.3) is 0 Å². The quantitative estimate of drug-likeness (QED) is 0.605. The van der Waals surface area contributed by atoms with Crippen LogP contribution in [0.5, 0.6) is 0 Å². The van der Waals surface area contributed by atoms with Gasteiger partial charge in [0.1, 0.15) is 11.6 Å². The van der Waals surface area contributed by atoms with Crippen LogP contribution in [-0.2, 0) is 19.1 Å². The van der Waals surface area contributed by atoms with E-state index in [0.717, 1.165) is 0 Å². The van der Waals surface area contributed by atoms with E-state index in [1.807, 2.05) is 0 Å². The van der Waals surface area contributed by atoms with Gasteiger partial charge in [0.2, 0.25) is 11.8 Å². The van der Waals surface area contributed by atoms with Gasteiger partial charge in [0.15, 0.2) is 0 Å². The molecule has 0 radical (unpaired) electrons. The number of benzene rings is 1. The molecule has 9 heteroatoms. The number of ether oxygens (including phenoxy) is 2. The molecule has 0 heterocycles. The van der Waals surface area contributed by atoms with E-state index in [2.05, 4.69) is 15.4 Å². The summed E-state index contributed by atoms with van der Waals surface area (Å²) in [5.74, 6) is -1.71. The van der Waals surface area contributed by atoms with Gasteiger partial charge in [-0.15, -0.1) is 0 Å². The Morgan fingerprint density at radius 2 is 1.82 bits per heavy atom. The van der Waals surface area contributed by atoms with Crippen LogP contribution in [-0.4, -0.2) is 42.6 Å². The van der Waals surface area contributed by atoms with Crippen molar-refractivity contribution in [1.82, 2.24) is 5.32 Å². The van der Waals surface area contributed by atoms with Crippen molar-refractivity contribution in [2.75, 3.05) is 12.4 Å². The maximum atomic E-state index is 12.7. The lowest BCUT2D eigenvalue weighted by Gasteiger charge is -2.23. The molecule has 3 amide bonds. The van der Waals surface area contributed by atoms with Crippen LogP contribution in [0.1, 0.15) is 49.5 Å².